The Morgan fingerprint density at radius 1 is 1.15 bits per heavy atom. The number of fused-ring (bicyclic) bond motifs is 3. The van der Waals surface area contributed by atoms with Crippen LogP contribution in [0.2, 0.25) is 0 Å². The number of aliphatic hydroxyl groups excluding tert-OH is 3. The minimum absolute atomic E-state index is 0.0964. The second kappa shape index (κ2) is 10.2. The van der Waals surface area contributed by atoms with E-state index >= 15 is 0 Å². The molecule has 2 amide bonds. The van der Waals surface area contributed by atoms with Crippen molar-refractivity contribution in [1.82, 2.24) is 4.90 Å². The fourth-order valence-corrected chi connectivity index (χ4v) is 6.56. The molecule has 4 unspecified atom stereocenters. The van der Waals surface area contributed by atoms with Crippen LogP contribution in [-0.4, -0.2) is 91.7 Å². The SMILES string of the molecule is CC(C)C[C@H](N)C(=O)Nc1ccc2c(c1O)C(O)=C1C(=O)[C@]3(O)C(O)=C(C(N)=O)C(=O)[C@@H](N(C)C)C3C(O)C1C2C. The summed E-state index contributed by atoms with van der Waals surface area (Å²) >= 11 is 0. The third-order valence-electron chi connectivity index (χ3n) is 8.45. The van der Waals surface area contributed by atoms with E-state index in [0.29, 0.717) is 12.0 Å². The average molecular weight is 573 g/mol. The molecule has 13 heteroatoms. The van der Waals surface area contributed by atoms with Crippen molar-refractivity contribution >= 4 is 34.8 Å². The molecule has 222 valence electrons. The predicted octanol–water partition coefficient (Wildman–Crippen LogP) is -0.192. The number of hydrogen-bond acceptors (Lipinski definition) is 11. The number of primary amides is 1. The molecule has 1 saturated carbocycles. The lowest BCUT2D eigenvalue weighted by Crippen LogP contribution is -2.70. The number of Topliss-reactive ketones (excluding diaryl/α,β-unsaturated/α-hetero) is 2. The number of benzene rings is 1. The molecule has 0 saturated heterocycles. The van der Waals surface area contributed by atoms with E-state index in [1.165, 1.54) is 31.1 Å². The zero-order chi connectivity index (χ0) is 30.9. The van der Waals surface area contributed by atoms with Gasteiger partial charge >= 0.3 is 0 Å². The molecule has 13 nitrogen and oxygen atoms in total. The number of carbonyl (C=O) groups excluding carboxylic acids is 4. The molecule has 1 fully saturated rings. The number of aromatic hydroxyl groups is 1. The van der Waals surface area contributed by atoms with Crippen LogP contribution in [0.1, 0.15) is 44.2 Å². The molecule has 10 N–H and O–H groups in total. The Hall–Kier alpha value is -3.78. The van der Waals surface area contributed by atoms with Crippen LogP contribution in [0.25, 0.3) is 5.76 Å². The lowest BCUT2D eigenvalue weighted by Gasteiger charge is -2.53. The van der Waals surface area contributed by atoms with Crippen molar-refractivity contribution in [2.75, 3.05) is 19.4 Å². The number of phenols is 1. The summed E-state index contributed by atoms with van der Waals surface area (Å²) in [6, 6.07) is 0.591. The Bertz CT molecular complexity index is 1420. The fourth-order valence-electron chi connectivity index (χ4n) is 6.56. The van der Waals surface area contributed by atoms with Crippen LogP contribution in [0.5, 0.6) is 5.75 Å². The van der Waals surface area contributed by atoms with Gasteiger partial charge in [-0.15, -0.1) is 0 Å². The molecule has 3 aliphatic rings. The van der Waals surface area contributed by atoms with Crippen LogP contribution in [0.15, 0.2) is 29.0 Å². The molecule has 0 aliphatic heterocycles. The van der Waals surface area contributed by atoms with Crippen LogP contribution < -0.4 is 16.8 Å². The molecule has 1 aromatic carbocycles. The van der Waals surface area contributed by atoms with E-state index in [2.05, 4.69) is 5.32 Å². The number of nitrogens with one attached hydrogen (secondary N) is 1. The summed E-state index contributed by atoms with van der Waals surface area (Å²) in [5.74, 6) is -10.4. The number of anilines is 1. The number of nitrogens with zero attached hydrogens (tertiary/aromatic N) is 1. The van der Waals surface area contributed by atoms with Gasteiger partial charge in [0.05, 0.1) is 35.4 Å². The highest BCUT2D eigenvalue weighted by Crippen LogP contribution is 2.56. The molecule has 0 spiro atoms. The van der Waals surface area contributed by atoms with Gasteiger partial charge in [-0.3, -0.25) is 24.1 Å². The van der Waals surface area contributed by atoms with Gasteiger partial charge in [-0.25, -0.2) is 0 Å². The van der Waals surface area contributed by atoms with Crippen molar-refractivity contribution in [3.8, 4) is 5.75 Å². The van der Waals surface area contributed by atoms with Crippen LogP contribution in [0.3, 0.4) is 0 Å². The number of phenolic OH excluding ortho intramolecular Hbond substituents is 1. The summed E-state index contributed by atoms with van der Waals surface area (Å²) in [5, 5.41) is 59.4. The standard InChI is InChI=1S/C28H36N4O9/c1-9(2)8-12(29)27(40)31-13-7-6-11-10(3)14-16(21(34)15(11)20(13)33)24(37)28(41)18(22(14)35)19(32(4)5)23(36)17(25(28)38)26(30)39/h6-7,9-10,12,14,18-19,22,33-35,38,41H,8,29H2,1-5H3,(H2,30,39)(H,31,40)/t10?,12-,14?,18?,19-,22?,28-/m0/s1. The number of likely N-dealkylation sites (N-methyl/N-ethyl adjacent to an activating group) is 1. The molecule has 0 heterocycles. The predicted molar refractivity (Wildman–Crippen MR) is 146 cm³/mol. The smallest absolute Gasteiger partial charge is 0.255 e. The van der Waals surface area contributed by atoms with Gasteiger partial charge in [-0.05, 0) is 44.0 Å². The highest BCUT2D eigenvalue weighted by molar-refractivity contribution is 6.24. The summed E-state index contributed by atoms with van der Waals surface area (Å²) in [6.07, 6.45) is -1.32. The van der Waals surface area contributed by atoms with Crippen molar-refractivity contribution in [3.05, 3.63) is 40.2 Å². The normalized spacial score (nSPS) is 30.2. The average Bonchev–Trinajstić information content (AvgIpc) is 2.86. The van der Waals surface area contributed by atoms with E-state index in [9.17, 15) is 44.7 Å². The highest BCUT2D eigenvalue weighted by atomic mass is 16.4. The topological polar surface area (TPSA) is 237 Å². The first kappa shape index (κ1) is 30.2. The van der Waals surface area contributed by atoms with Crippen molar-refractivity contribution in [1.29, 1.82) is 0 Å². The zero-order valence-corrected chi connectivity index (χ0v) is 23.4. The van der Waals surface area contributed by atoms with Crippen LogP contribution in [0, 0.1) is 17.8 Å². The van der Waals surface area contributed by atoms with Crippen molar-refractivity contribution in [3.63, 3.8) is 0 Å². The summed E-state index contributed by atoms with van der Waals surface area (Å²) in [6.45, 7) is 5.40. The van der Waals surface area contributed by atoms with E-state index in [0.717, 1.165) is 0 Å². The number of aliphatic hydroxyl groups is 4. The van der Waals surface area contributed by atoms with Gasteiger partial charge < -0.3 is 42.3 Å². The van der Waals surface area contributed by atoms with Gasteiger partial charge in [0.2, 0.25) is 11.7 Å². The van der Waals surface area contributed by atoms with Crippen molar-refractivity contribution in [2.24, 2.45) is 29.2 Å². The maximum absolute atomic E-state index is 14.0. The molecular formula is C28H36N4O9. The molecule has 4 rings (SSSR count). The first-order valence-electron chi connectivity index (χ1n) is 13.2. The molecule has 1 aromatic rings. The van der Waals surface area contributed by atoms with Gasteiger partial charge in [-0.2, -0.15) is 0 Å². The molecule has 0 aromatic heterocycles. The van der Waals surface area contributed by atoms with Gasteiger partial charge in [0, 0.05) is 11.5 Å². The second-order valence-electron chi connectivity index (χ2n) is 11.7. The summed E-state index contributed by atoms with van der Waals surface area (Å²) < 4.78 is 0. The molecule has 0 bridgehead atoms. The molecule has 7 atom stereocenters. The molecule has 0 radical (unpaired) electrons. The summed E-state index contributed by atoms with van der Waals surface area (Å²) in [4.78, 5) is 53.3. The number of ketones is 2. The summed E-state index contributed by atoms with van der Waals surface area (Å²) in [7, 11) is 2.87. The number of amides is 2. The highest BCUT2D eigenvalue weighted by Gasteiger charge is 2.68. The van der Waals surface area contributed by atoms with E-state index in [-0.39, 0.29) is 17.2 Å². The van der Waals surface area contributed by atoms with Crippen LogP contribution in [0.4, 0.5) is 5.69 Å². The number of rotatable bonds is 6. The molecule has 41 heavy (non-hydrogen) atoms. The third kappa shape index (κ3) is 4.31. The van der Waals surface area contributed by atoms with E-state index in [4.69, 9.17) is 11.5 Å². The van der Waals surface area contributed by atoms with E-state index in [1.54, 1.807) is 6.92 Å². The van der Waals surface area contributed by atoms with Gasteiger partial charge in [-0.1, -0.05) is 26.8 Å². The quantitative estimate of drug-likeness (QED) is 0.164. The maximum atomic E-state index is 14.0. The van der Waals surface area contributed by atoms with Crippen LogP contribution in [-0.2, 0) is 19.2 Å². The number of carbonyl (C=O) groups is 4. The lowest BCUT2D eigenvalue weighted by atomic mass is 9.54. The minimum Gasteiger partial charge on any atom is -0.508 e. The van der Waals surface area contributed by atoms with E-state index in [1.807, 2.05) is 13.8 Å². The third-order valence-corrected chi connectivity index (χ3v) is 8.45. The lowest BCUT2D eigenvalue weighted by molar-refractivity contribution is -0.169. The Balaban J connectivity index is 1.91. The Morgan fingerprint density at radius 2 is 1.76 bits per heavy atom. The second-order valence-corrected chi connectivity index (χ2v) is 11.7. The minimum atomic E-state index is -3.01. The van der Waals surface area contributed by atoms with Crippen LogP contribution >= 0.6 is 0 Å². The summed E-state index contributed by atoms with van der Waals surface area (Å²) in [5.41, 5.74) is 6.75. The van der Waals surface area contributed by atoms with Gasteiger partial charge in [0.15, 0.2) is 11.4 Å². The largest absolute Gasteiger partial charge is 0.508 e. The fraction of sp³-hybridized carbons (Fsp3) is 0.500. The Kier molecular flexibility index (Phi) is 7.54. The maximum Gasteiger partial charge on any atom is 0.255 e. The Morgan fingerprint density at radius 3 is 2.29 bits per heavy atom. The molecule has 3 aliphatic carbocycles. The van der Waals surface area contributed by atoms with E-state index < -0.39 is 93.3 Å². The number of nitrogens with two attached hydrogens (primary N) is 2. The number of hydrogen-bond donors (Lipinski definition) is 8. The monoisotopic (exact) mass is 572 g/mol. The van der Waals surface area contributed by atoms with Crippen molar-refractivity contribution in [2.45, 2.75) is 56.9 Å². The first-order valence-corrected chi connectivity index (χ1v) is 13.2. The Labute approximate surface area is 236 Å². The van der Waals surface area contributed by atoms with Gasteiger partial charge in [0.25, 0.3) is 5.91 Å². The van der Waals surface area contributed by atoms with Crippen molar-refractivity contribution < 1.29 is 44.7 Å². The zero-order valence-electron chi connectivity index (χ0n) is 23.4. The first-order chi connectivity index (χ1) is 19.0. The molecular weight excluding hydrogens is 536 g/mol. The van der Waals surface area contributed by atoms with Gasteiger partial charge in [0.1, 0.15) is 22.8 Å².